The van der Waals surface area contributed by atoms with Gasteiger partial charge < -0.3 is 10.7 Å². The van der Waals surface area contributed by atoms with Crippen LogP contribution >= 0.6 is 0 Å². The molecule has 0 aliphatic carbocycles. The maximum atomic E-state index is 14.1. The molecule has 3 N–H and O–H groups in total. The van der Waals surface area contributed by atoms with Crippen molar-refractivity contribution in [1.29, 1.82) is 0 Å². The summed E-state index contributed by atoms with van der Waals surface area (Å²) in [6.45, 7) is 1.94. The summed E-state index contributed by atoms with van der Waals surface area (Å²) in [6, 6.07) is 9.33. The molecule has 0 spiro atoms. The molecule has 5 rings (SSSR count). The highest BCUT2D eigenvalue weighted by Gasteiger charge is 2.15. The minimum absolute atomic E-state index is 0.0583. The highest BCUT2D eigenvalue weighted by Crippen LogP contribution is 2.20. The van der Waals surface area contributed by atoms with Crippen LogP contribution < -0.4 is 11.3 Å². The number of aryl methyl sites for hydroxylation is 1. The van der Waals surface area contributed by atoms with E-state index in [9.17, 15) is 18.0 Å². The normalized spacial score (nSPS) is 10.9. The Hall–Kier alpha value is -4.21. The van der Waals surface area contributed by atoms with E-state index in [1.807, 2.05) is 6.92 Å². The lowest BCUT2D eigenvalue weighted by Crippen LogP contribution is -2.23. The number of anilines is 1. The van der Waals surface area contributed by atoms with Crippen LogP contribution in [0.4, 0.5) is 19.0 Å². The fourth-order valence-electron chi connectivity index (χ4n) is 3.50. The number of nitrogens with zero attached hydrogens (tertiary/aromatic N) is 4. The molecule has 0 amide bonds. The Morgan fingerprint density at radius 2 is 1.82 bits per heavy atom. The Labute approximate surface area is 185 Å². The van der Waals surface area contributed by atoms with Crippen molar-refractivity contribution in [2.75, 3.05) is 5.73 Å². The van der Waals surface area contributed by atoms with Crippen molar-refractivity contribution < 1.29 is 13.2 Å². The molecule has 0 saturated heterocycles. The molecule has 0 aliphatic rings. The zero-order valence-electron chi connectivity index (χ0n) is 17.5. The number of halogens is 3. The monoisotopic (exact) mass is 452 g/mol. The van der Waals surface area contributed by atoms with Gasteiger partial charge in [-0.1, -0.05) is 25.5 Å². The van der Waals surface area contributed by atoms with Crippen LogP contribution in [0.3, 0.4) is 0 Å². The summed E-state index contributed by atoms with van der Waals surface area (Å²) < 4.78 is 42.0. The van der Waals surface area contributed by atoms with E-state index in [4.69, 9.17) is 5.73 Å². The van der Waals surface area contributed by atoms with Crippen molar-refractivity contribution in [3.05, 3.63) is 88.6 Å². The van der Waals surface area contributed by atoms with Gasteiger partial charge in [0, 0.05) is 11.8 Å². The second-order valence-electron chi connectivity index (χ2n) is 7.19. The van der Waals surface area contributed by atoms with Crippen LogP contribution in [0.2, 0.25) is 0 Å². The molecular weight excluding hydrogens is 433 g/mol. The van der Waals surface area contributed by atoms with Gasteiger partial charge in [0.05, 0.1) is 17.4 Å². The first-order valence-electron chi connectivity index (χ1n) is 10.1. The Kier molecular flexibility index (Phi) is 6.07. The third-order valence-corrected chi connectivity index (χ3v) is 4.99. The molecule has 0 bridgehead atoms. The van der Waals surface area contributed by atoms with E-state index < -0.39 is 23.0 Å². The molecule has 0 aliphatic heterocycles. The number of fused-ring (bicyclic) bond motifs is 2. The number of pyridine rings is 1. The third kappa shape index (κ3) is 4.27. The predicted octanol–water partition coefficient (Wildman–Crippen LogP) is 4.30. The van der Waals surface area contributed by atoms with Gasteiger partial charge in [0.25, 0.3) is 5.56 Å². The molecule has 0 saturated carbocycles. The number of aromatic nitrogens is 5. The lowest BCUT2D eigenvalue weighted by Gasteiger charge is -2.14. The van der Waals surface area contributed by atoms with Gasteiger partial charge in [0.1, 0.15) is 17.7 Å². The molecule has 0 radical (unpaired) electrons. The van der Waals surface area contributed by atoms with Crippen LogP contribution in [0, 0.1) is 17.5 Å². The summed E-state index contributed by atoms with van der Waals surface area (Å²) in [4.78, 5) is 27.1. The molecule has 2 aromatic carbocycles. The minimum Gasteiger partial charge on any atom is -0.382 e. The van der Waals surface area contributed by atoms with Crippen LogP contribution in [0.15, 0.2) is 59.9 Å². The van der Waals surface area contributed by atoms with Gasteiger partial charge in [-0.3, -0.25) is 9.36 Å². The summed E-state index contributed by atoms with van der Waals surface area (Å²) in [5.41, 5.74) is 7.01. The van der Waals surface area contributed by atoms with Gasteiger partial charge in [0.2, 0.25) is 0 Å². The number of H-pyrrole nitrogens is 1. The maximum Gasteiger partial charge on any atom is 0.266 e. The van der Waals surface area contributed by atoms with Crippen molar-refractivity contribution in [3.63, 3.8) is 0 Å². The number of aromatic amines is 1. The van der Waals surface area contributed by atoms with Gasteiger partial charge in [-0.2, -0.15) is 0 Å². The second-order valence-corrected chi connectivity index (χ2v) is 7.19. The average molecular weight is 452 g/mol. The lowest BCUT2D eigenvalue weighted by atomic mass is 10.1. The largest absolute Gasteiger partial charge is 0.382 e. The zero-order valence-corrected chi connectivity index (χ0v) is 17.5. The number of nitrogens with two attached hydrogens (primary N) is 1. The number of rotatable bonds is 3. The summed E-state index contributed by atoms with van der Waals surface area (Å²) in [5, 5.41) is 0.439. The molecule has 168 valence electrons. The Bertz CT molecular complexity index is 1510. The average Bonchev–Trinajstić information content (AvgIpc) is 3.27. The standard InChI is InChI=1S/C18H14F3NO.C5H5N5/c1-2-4-12-9-11-5-3-6-15(20)17(11)18(23)22(12)13-7-8-14(19)16(21)10-13;6-4-3-5(9-1-7-3)10-2-8-4/h3,5-10H,2,4H2,1H3;1-2H,(H3,6,7,8,9,10). The lowest BCUT2D eigenvalue weighted by molar-refractivity contribution is 0.507. The first-order valence-corrected chi connectivity index (χ1v) is 10.1. The Morgan fingerprint density at radius 1 is 1.00 bits per heavy atom. The van der Waals surface area contributed by atoms with Gasteiger partial charge in [0.15, 0.2) is 23.1 Å². The van der Waals surface area contributed by atoms with Crippen molar-refractivity contribution in [3.8, 4) is 5.69 Å². The van der Waals surface area contributed by atoms with Crippen molar-refractivity contribution in [2.45, 2.75) is 19.8 Å². The fourth-order valence-corrected chi connectivity index (χ4v) is 3.50. The third-order valence-electron chi connectivity index (χ3n) is 4.99. The van der Waals surface area contributed by atoms with Crippen LogP contribution in [0.1, 0.15) is 19.0 Å². The maximum absolute atomic E-state index is 14.1. The molecule has 0 fully saturated rings. The van der Waals surface area contributed by atoms with Crippen LogP contribution in [0.25, 0.3) is 27.6 Å². The second kappa shape index (κ2) is 9.11. The SMILES string of the molecule is CCCc1cc2cccc(F)c2c(=O)n1-c1ccc(F)c(F)c1.Nc1ncnc2nc[nH]c12. The smallest absolute Gasteiger partial charge is 0.266 e. The number of benzene rings is 2. The Balaban J connectivity index is 0.000000214. The van der Waals surface area contributed by atoms with E-state index in [1.165, 1.54) is 35.4 Å². The van der Waals surface area contributed by atoms with Crippen LogP contribution in [-0.2, 0) is 6.42 Å². The van der Waals surface area contributed by atoms with E-state index in [2.05, 4.69) is 19.9 Å². The highest BCUT2D eigenvalue weighted by molar-refractivity contribution is 5.83. The van der Waals surface area contributed by atoms with Crippen LogP contribution in [0.5, 0.6) is 0 Å². The van der Waals surface area contributed by atoms with Gasteiger partial charge in [-0.15, -0.1) is 0 Å². The van der Waals surface area contributed by atoms with E-state index in [-0.39, 0.29) is 11.1 Å². The summed E-state index contributed by atoms with van der Waals surface area (Å²) in [5.74, 6) is -2.24. The molecule has 7 nitrogen and oxygen atoms in total. The molecule has 10 heteroatoms. The molecule has 3 aromatic heterocycles. The van der Waals surface area contributed by atoms with Crippen molar-refractivity contribution in [1.82, 2.24) is 24.5 Å². The predicted molar refractivity (Wildman–Crippen MR) is 120 cm³/mol. The van der Waals surface area contributed by atoms with Gasteiger partial charge >= 0.3 is 0 Å². The molecule has 0 unspecified atom stereocenters. The van der Waals surface area contributed by atoms with Crippen LogP contribution in [-0.4, -0.2) is 24.5 Å². The summed E-state index contributed by atoms with van der Waals surface area (Å²) >= 11 is 0. The van der Waals surface area contributed by atoms with E-state index in [0.29, 0.717) is 34.5 Å². The molecule has 33 heavy (non-hydrogen) atoms. The first-order chi connectivity index (χ1) is 15.9. The number of hydrogen-bond donors (Lipinski definition) is 2. The molecule has 3 heterocycles. The fraction of sp³-hybridized carbons (Fsp3) is 0.130. The van der Waals surface area contributed by atoms with E-state index >= 15 is 0 Å². The quantitative estimate of drug-likeness (QED) is 0.425. The Morgan fingerprint density at radius 3 is 2.55 bits per heavy atom. The number of nitrogens with one attached hydrogen (secondary N) is 1. The topological polar surface area (TPSA) is 102 Å². The number of hydrogen-bond acceptors (Lipinski definition) is 5. The van der Waals surface area contributed by atoms with Gasteiger partial charge in [-0.25, -0.2) is 28.1 Å². The van der Waals surface area contributed by atoms with Crippen molar-refractivity contribution in [2.24, 2.45) is 0 Å². The first kappa shape index (κ1) is 22.0. The number of imidazole rings is 1. The zero-order chi connectivity index (χ0) is 23.5. The highest BCUT2D eigenvalue weighted by atomic mass is 19.2. The molecular formula is C23H19F3N6O. The molecule has 0 atom stereocenters. The van der Waals surface area contributed by atoms with Crippen molar-refractivity contribution >= 4 is 27.8 Å². The summed E-state index contributed by atoms with van der Waals surface area (Å²) in [7, 11) is 0. The van der Waals surface area contributed by atoms with E-state index in [0.717, 1.165) is 18.6 Å². The van der Waals surface area contributed by atoms with Gasteiger partial charge in [-0.05, 0) is 36.1 Å². The number of nitrogen functional groups attached to an aromatic ring is 1. The molecule has 5 aromatic rings. The summed E-state index contributed by atoms with van der Waals surface area (Å²) in [6.07, 6.45) is 4.23. The minimum atomic E-state index is -1.05. The van der Waals surface area contributed by atoms with E-state index in [1.54, 1.807) is 12.1 Å².